The molecule has 0 spiro atoms. The minimum absolute atomic E-state index is 0.135. The van der Waals surface area contributed by atoms with Crippen molar-refractivity contribution < 1.29 is 28.6 Å². The molecule has 2 N–H and O–H groups in total. The molecular weight excluding hydrogens is 508 g/mol. The normalized spacial score (nSPS) is 16.5. The average Bonchev–Trinajstić information content (AvgIpc) is 3.56. The molecule has 192 valence electrons. The minimum Gasteiger partial charge on any atom is -0.507 e. The Morgan fingerprint density at radius 2 is 1.61 bits per heavy atom. The van der Waals surface area contributed by atoms with Crippen LogP contribution in [0.1, 0.15) is 17.4 Å². The van der Waals surface area contributed by atoms with Crippen molar-refractivity contribution in [2.45, 2.75) is 6.04 Å². The Morgan fingerprint density at radius 3 is 2.24 bits per heavy atom. The van der Waals surface area contributed by atoms with Gasteiger partial charge in [-0.3, -0.25) is 14.5 Å². The van der Waals surface area contributed by atoms with Crippen LogP contribution in [0.5, 0.6) is 11.5 Å². The molecule has 2 heterocycles. The number of halogens is 1. The number of nitrogens with one attached hydrogen (secondary N) is 1. The summed E-state index contributed by atoms with van der Waals surface area (Å²) < 4.78 is 16.3. The van der Waals surface area contributed by atoms with Gasteiger partial charge >= 0.3 is 0 Å². The number of rotatable bonds is 7. The van der Waals surface area contributed by atoms with E-state index in [0.717, 1.165) is 11.4 Å². The number of ketones is 1. The summed E-state index contributed by atoms with van der Waals surface area (Å²) in [6.07, 6.45) is 1.44. The number of para-hydroxylation sites is 1. The Labute approximate surface area is 223 Å². The highest BCUT2D eigenvalue weighted by atomic mass is 35.5. The predicted octanol–water partition coefficient (Wildman–Crippen LogP) is 6.32. The second kappa shape index (κ2) is 10.4. The lowest BCUT2D eigenvalue weighted by Crippen LogP contribution is -2.29. The molecule has 0 bridgehead atoms. The number of ether oxygens (including phenoxy) is 2. The lowest BCUT2D eigenvalue weighted by atomic mass is 9.98. The van der Waals surface area contributed by atoms with Crippen molar-refractivity contribution in [1.82, 2.24) is 0 Å². The van der Waals surface area contributed by atoms with Crippen molar-refractivity contribution in [1.29, 1.82) is 0 Å². The van der Waals surface area contributed by atoms with Crippen molar-refractivity contribution in [2.24, 2.45) is 0 Å². The number of aliphatic hydroxyl groups is 1. The number of furan rings is 1. The van der Waals surface area contributed by atoms with Crippen molar-refractivity contribution >= 4 is 46.1 Å². The number of hydrogen-bond donors (Lipinski definition) is 2. The van der Waals surface area contributed by atoms with E-state index in [-0.39, 0.29) is 21.9 Å². The third-order valence-corrected chi connectivity index (χ3v) is 6.49. The van der Waals surface area contributed by atoms with Crippen LogP contribution in [0.15, 0.2) is 95.1 Å². The maximum absolute atomic E-state index is 13.4. The van der Waals surface area contributed by atoms with Crippen LogP contribution in [0.2, 0.25) is 5.02 Å². The van der Waals surface area contributed by atoms with Gasteiger partial charge in [-0.2, -0.15) is 0 Å². The molecule has 1 unspecified atom stereocenters. The molecule has 38 heavy (non-hydrogen) atoms. The molecule has 8 nitrogen and oxygen atoms in total. The highest BCUT2D eigenvalue weighted by Gasteiger charge is 2.48. The molecule has 9 heteroatoms. The molecule has 5 rings (SSSR count). The van der Waals surface area contributed by atoms with Gasteiger partial charge in [0.05, 0.1) is 36.6 Å². The molecule has 1 saturated heterocycles. The first-order valence-electron chi connectivity index (χ1n) is 11.6. The van der Waals surface area contributed by atoms with Gasteiger partial charge in [0, 0.05) is 23.1 Å². The van der Waals surface area contributed by atoms with Gasteiger partial charge in [-0.1, -0.05) is 29.8 Å². The number of carbonyl (C=O) groups excluding carboxylic acids is 2. The molecule has 1 aromatic heterocycles. The van der Waals surface area contributed by atoms with Crippen LogP contribution in [0.4, 0.5) is 17.1 Å². The fraction of sp³-hybridized carbons (Fsp3) is 0.103. The highest BCUT2D eigenvalue weighted by Crippen LogP contribution is 2.45. The van der Waals surface area contributed by atoms with Crippen LogP contribution in [0.3, 0.4) is 0 Å². The summed E-state index contributed by atoms with van der Waals surface area (Å²) in [5, 5.41) is 14.9. The van der Waals surface area contributed by atoms with E-state index < -0.39 is 23.5 Å². The lowest BCUT2D eigenvalue weighted by Gasteiger charge is -2.24. The number of benzene rings is 3. The second-order valence-corrected chi connectivity index (χ2v) is 8.82. The van der Waals surface area contributed by atoms with E-state index in [4.69, 9.17) is 25.5 Å². The largest absolute Gasteiger partial charge is 0.507 e. The van der Waals surface area contributed by atoms with Gasteiger partial charge in [0.25, 0.3) is 11.7 Å². The first-order valence-corrected chi connectivity index (χ1v) is 12.0. The molecule has 1 fully saturated rings. The molecule has 0 radical (unpaired) electrons. The number of hydrogen-bond acceptors (Lipinski definition) is 7. The van der Waals surface area contributed by atoms with Crippen LogP contribution >= 0.6 is 11.6 Å². The lowest BCUT2D eigenvalue weighted by molar-refractivity contribution is -0.132. The predicted molar refractivity (Wildman–Crippen MR) is 144 cm³/mol. The molecule has 3 aromatic carbocycles. The zero-order valence-corrected chi connectivity index (χ0v) is 21.2. The van der Waals surface area contributed by atoms with Crippen molar-refractivity contribution in [3.05, 3.63) is 107 Å². The zero-order valence-electron chi connectivity index (χ0n) is 20.5. The molecule has 1 atom stereocenters. The summed E-state index contributed by atoms with van der Waals surface area (Å²) in [4.78, 5) is 28.0. The Hall–Kier alpha value is -4.69. The second-order valence-electron chi connectivity index (χ2n) is 8.41. The molecule has 4 aromatic rings. The number of amides is 1. The molecule has 1 aliphatic heterocycles. The Balaban J connectivity index is 1.59. The topological polar surface area (TPSA) is 101 Å². The molecule has 1 amide bonds. The number of aliphatic hydroxyl groups excluding tert-OH is 1. The van der Waals surface area contributed by atoms with Gasteiger partial charge in [-0.05, 0) is 54.6 Å². The monoisotopic (exact) mass is 530 g/mol. The third-order valence-electron chi connectivity index (χ3n) is 6.19. The molecule has 0 saturated carbocycles. The summed E-state index contributed by atoms with van der Waals surface area (Å²) in [5.74, 6) is -1.29. The smallest absolute Gasteiger partial charge is 0.300 e. The van der Waals surface area contributed by atoms with E-state index in [1.807, 2.05) is 30.3 Å². The number of nitrogens with zero attached hydrogens (tertiary/aromatic N) is 1. The van der Waals surface area contributed by atoms with Crippen LogP contribution < -0.4 is 19.7 Å². The SMILES string of the molecule is COc1cc(OC)c(/C(O)=C2/C(=O)C(=O)N(c3ccc(Nc4ccccc4)cc3)C2c2ccco2)cc1Cl. The number of Topliss-reactive ketones (excluding diaryl/α,β-unsaturated/α-hetero) is 1. The summed E-state index contributed by atoms with van der Waals surface area (Å²) >= 11 is 6.31. The Bertz CT molecular complexity index is 1510. The molecular formula is C29H23ClN2O6. The summed E-state index contributed by atoms with van der Waals surface area (Å²) in [6.45, 7) is 0. The summed E-state index contributed by atoms with van der Waals surface area (Å²) in [6, 6.07) is 21.8. The highest BCUT2D eigenvalue weighted by molar-refractivity contribution is 6.51. The summed E-state index contributed by atoms with van der Waals surface area (Å²) in [7, 11) is 2.86. The zero-order chi connectivity index (χ0) is 26.8. The van der Waals surface area contributed by atoms with Crippen LogP contribution in [0.25, 0.3) is 5.76 Å². The van der Waals surface area contributed by atoms with Gasteiger partial charge in [0.15, 0.2) is 0 Å². The van der Waals surface area contributed by atoms with E-state index in [1.54, 1.807) is 36.4 Å². The Morgan fingerprint density at radius 1 is 0.921 bits per heavy atom. The van der Waals surface area contributed by atoms with E-state index in [2.05, 4.69) is 5.32 Å². The van der Waals surface area contributed by atoms with Crippen molar-refractivity contribution in [2.75, 3.05) is 24.4 Å². The van der Waals surface area contributed by atoms with Gasteiger partial charge in [0.2, 0.25) is 0 Å². The molecule has 1 aliphatic rings. The van der Waals surface area contributed by atoms with E-state index >= 15 is 0 Å². The van der Waals surface area contributed by atoms with Crippen molar-refractivity contribution in [3.63, 3.8) is 0 Å². The maximum Gasteiger partial charge on any atom is 0.300 e. The molecule has 0 aliphatic carbocycles. The fourth-order valence-electron chi connectivity index (χ4n) is 4.40. The van der Waals surface area contributed by atoms with Gasteiger partial charge in [-0.25, -0.2) is 0 Å². The first-order chi connectivity index (χ1) is 18.4. The summed E-state index contributed by atoms with van der Waals surface area (Å²) in [5.41, 5.74) is 2.13. The fourth-order valence-corrected chi connectivity index (χ4v) is 4.64. The van der Waals surface area contributed by atoms with Crippen LogP contribution in [0, 0.1) is 0 Å². The van der Waals surface area contributed by atoms with E-state index in [9.17, 15) is 14.7 Å². The number of carbonyl (C=O) groups is 2. The van der Waals surface area contributed by atoms with E-state index in [0.29, 0.717) is 17.2 Å². The van der Waals surface area contributed by atoms with Crippen molar-refractivity contribution in [3.8, 4) is 11.5 Å². The minimum atomic E-state index is -1.02. The quantitative estimate of drug-likeness (QED) is 0.164. The van der Waals surface area contributed by atoms with Crippen LogP contribution in [-0.2, 0) is 9.59 Å². The van der Waals surface area contributed by atoms with Gasteiger partial charge in [0.1, 0.15) is 29.1 Å². The van der Waals surface area contributed by atoms with Gasteiger partial charge < -0.3 is 24.3 Å². The first kappa shape index (κ1) is 25.0. The Kier molecular flexibility index (Phi) is 6.81. The maximum atomic E-state index is 13.4. The third kappa shape index (κ3) is 4.46. The average molecular weight is 531 g/mol. The number of methoxy groups -OCH3 is 2. The standard InChI is InChI=1S/C29H23ClN2O6/c1-36-23-16-24(37-2)21(30)15-20(23)27(33)25-26(22-9-6-14-38-22)32(29(35)28(25)34)19-12-10-18(11-13-19)31-17-7-4-3-5-8-17/h3-16,26,31,33H,1-2H3/b27-25-. The van der Waals surface area contributed by atoms with E-state index in [1.165, 1.54) is 37.5 Å². The van der Waals surface area contributed by atoms with Gasteiger partial charge in [-0.15, -0.1) is 0 Å². The number of anilines is 3. The van der Waals surface area contributed by atoms with Crippen LogP contribution in [-0.4, -0.2) is 31.0 Å².